The highest BCUT2D eigenvalue weighted by atomic mass is 19.2. The molecular formula is C30H37F2N7O4. The zero-order chi connectivity index (χ0) is 31.5. The highest BCUT2D eigenvalue weighted by molar-refractivity contribution is 6.03. The van der Waals surface area contributed by atoms with Crippen molar-refractivity contribution in [2.24, 2.45) is 5.41 Å². The molecule has 3 amide bonds. The number of halogens is 2. The number of aromatic nitrogens is 2. The largest absolute Gasteiger partial charge is 0.494 e. The van der Waals surface area contributed by atoms with Crippen LogP contribution in [0, 0.1) is 17.0 Å². The van der Waals surface area contributed by atoms with E-state index in [1.54, 1.807) is 26.1 Å². The molecular weight excluding hydrogens is 560 g/mol. The van der Waals surface area contributed by atoms with Gasteiger partial charge in [0.1, 0.15) is 30.0 Å². The second-order valence-corrected chi connectivity index (χ2v) is 11.5. The molecule has 3 unspecified atom stereocenters. The zero-order valence-corrected chi connectivity index (χ0v) is 25.0. The van der Waals surface area contributed by atoms with Crippen molar-refractivity contribution in [2.75, 3.05) is 31.3 Å². The van der Waals surface area contributed by atoms with E-state index in [1.165, 1.54) is 30.5 Å². The van der Waals surface area contributed by atoms with Gasteiger partial charge in [0.15, 0.2) is 11.6 Å². The Morgan fingerprint density at radius 1 is 1.12 bits per heavy atom. The van der Waals surface area contributed by atoms with Crippen LogP contribution < -0.4 is 26.0 Å². The van der Waals surface area contributed by atoms with Crippen molar-refractivity contribution in [1.29, 1.82) is 0 Å². The van der Waals surface area contributed by atoms with E-state index in [1.807, 2.05) is 20.8 Å². The van der Waals surface area contributed by atoms with Crippen LogP contribution in [0.1, 0.15) is 40.5 Å². The summed E-state index contributed by atoms with van der Waals surface area (Å²) in [6.07, 6.45) is 2.31. The Balaban J connectivity index is 1.61. The van der Waals surface area contributed by atoms with Crippen molar-refractivity contribution in [2.45, 2.75) is 58.7 Å². The molecule has 1 fully saturated rings. The Morgan fingerprint density at radius 2 is 1.86 bits per heavy atom. The quantitative estimate of drug-likeness (QED) is 0.293. The monoisotopic (exact) mass is 597 g/mol. The summed E-state index contributed by atoms with van der Waals surface area (Å²) in [5.74, 6) is -2.69. The number of benzene rings is 2. The van der Waals surface area contributed by atoms with Gasteiger partial charge in [-0.05, 0) is 50.4 Å². The fraction of sp³-hybridized carbons (Fsp3) is 0.433. The molecule has 0 bridgehead atoms. The van der Waals surface area contributed by atoms with Crippen molar-refractivity contribution < 1.29 is 27.9 Å². The smallest absolute Gasteiger partial charge is 0.247 e. The van der Waals surface area contributed by atoms with Crippen LogP contribution in [-0.2, 0) is 14.4 Å². The van der Waals surface area contributed by atoms with Crippen molar-refractivity contribution in [3.63, 3.8) is 0 Å². The summed E-state index contributed by atoms with van der Waals surface area (Å²) in [6.45, 7) is 7.62. The van der Waals surface area contributed by atoms with Crippen LogP contribution in [-0.4, -0.2) is 71.4 Å². The Hall–Kier alpha value is -4.39. The number of likely N-dealkylation sites (N-methyl/N-ethyl adjacent to an activating group) is 1. The number of rotatable bonds is 9. The van der Waals surface area contributed by atoms with Crippen molar-refractivity contribution in [1.82, 2.24) is 25.5 Å². The predicted molar refractivity (Wildman–Crippen MR) is 159 cm³/mol. The van der Waals surface area contributed by atoms with E-state index in [0.29, 0.717) is 36.0 Å². The maximum Gasteiger partial charge on any atom is 0.247 e. The van der Waals surface area contributed by atoms with Gasteiger partial charge in [0.2, 0.25) is 17.7 Å². The molecule has 2 heterocycles. The van der Waals surface area contributed by atoms with Gasteiger partial charge in [0.05, 0.1) is 30.0 Å². The molecule has 3 aromatic rings. The van der Waals surface area contributed by atoms with Crippen LogP contribution >= 0.6 is 0 Å². The summed E-state index contributed by atoms with van der Waals surface area (Å²) in [5, 5.41) is 11.8. The maximum absolute atomic E-state index is 14.4. The number of methoxy groups -OCH3 is 1. The summed E-state index contributed by atoms with van der Waals surface area (Å²) in [4.78, 5) is 50.0. The third-order valence-electron chi connectivity index (χ3n) is 7.48. The third kappa shape index (κ3) is 6.82. The number of carbonyl (C=O) groups excluding carboxylic acids is 3. The zero-order valence-electron chi connectivity index (χ0n) is 25.0. The van der Waals surface area contributed by atoms with Gasteiger partial charge in [0.25, 0.3) is 0 Å². The number of carbonyl (C=O) groups is 3. The average molecular weight is 598 g/mol. The maximum atomic E-state index is 14.4. The molecule has 0 spiro atoms. The summed E-state index contributed by atoms with van der Waals surface area (Å²) in [7, 11) is 3.10. The molecule has 13 heteroatoms. The van der Waals surface area contributed by atoms with E-state index in [2.05, 4.69) is 31.2 Å². The van der Waals surface area contributed by atoms with Gasteiger partial charge in [-0.2, -0.15) is 0 Å². The lowest BCUT2D eigenvalue weighted by atomic mass is 9.85. The molecule has 1 aliphatic rings. The molecule has 2 aromatic carbocycles. The molecule has 1 saturated heterocycles. The second-order valence-electron chi connectivity index (χ2n) is 11.5. The molecule has 4 rings (SSSR count). The van der Waals surface area contributed by atoms with E-state index in [0.717, 1.165) is 6.07 Å². The molecule has 230 valence electrons. The Labute approximate surface area is 248 Å². The third-order valence-corrected chi connectivity index (χ3v) is 7.48. The van der Waals surface area contributed by atoms with Crippen LogP contribution in [0.15, 0.2) is 36.7 Å². The summed E-state index contributed by atoms with van der Waals surface area (Å²) < 4.78 is 33.7. The van der Waals surface area contributed by atoms with Crippen LogP contribution in [0.4, 0.5) is 26.0 Å². The highest BCUT2D eigenvalue weighted by Gasteiger charge is 2.42. The Kier molecular flexibility index (Phi) is 9.43. The number of nitrogens with zero attached hydrogens (tertiary/aromatic N) is 3. The summed E-state index contributed by atoms with van der Waals surface area (Å²) in [6, 6.07) is 4.76. The number of likely N-dealkylation sites (tertiary alicyclic amines) is 1. The van der Waals surface area contributed by atoms with Gasteiger partial charge >= 0.3 is 0 Å². The first kappa shape index (κ1) is 31.5. The van der Waals surface area contributed by atoms with Gasteiger partial charge in [-0.3, -0.25) is 14.4 Å². The molecule has 0 aliphatic carbocycles. The van der Waals surface area contributed by atoms with Gasteiger partial charge in [-0.25, -0.2) is 18.7 Å². The van der Waals surface area contributed by atoms with Gasteiger partial charge in [-0.1, -0.05) is 26.8 Å². The van der Waals surface area contributed by atoms with E-state index < -0.39 is 41.1 Å². The molecule has 3 atom stereocenters. The lowest BCUT2D eigenvalue weighted by Crippen LogP contribution is -2.59. The van der Waals surface area contributed by atoms with Crippen molar-refractivity contribution >= 4 is 45.8 Å². The molecule has 0 radical (unpaired) electrons. The fourth-order valence-corrected chi connectivity index (χ4v) is 4.91. The molecule has 0 saturated carbocycles. The molecule has 4 N–H and O–H groups in total. The Morgan fingerprint density at radius 3 is 2.53 bits per heavy atom. The standard InChI is InChI=1S/C30H37F2N7O4/c1-16(33-5)27(40)38-25(30(2,3)4)29(42)39-12-8-11-22(39)28(41)37-21-13-17-20(14-23(21)43-6)34-15-35-26(17)36-19-10-7-9-18(31)24(19)32/h7,9-10,13-16,22,25,33H,8,11-12H2,1-6H3,(H,37,41)(H,38,40)(H,34,35,36). The van der Waals surface area contributed by atoms with E-state index in [-0.39, 0.29) is 29.0 Å². The molecule has 1 aliphatic heterocycles. The minimum absolute atomic E-state index is 0.119. The minimum Gasteiger partial charge on any atom is -0.494 e. The van der Waals surface area contributed by atoms with Crippen LogP contribution in [0.25, 0.3) is 10.9 Å². The van der Waals surface area contributed by atoms with Crippen LogP contribution in [0.2, 0.25) is 0 Å². The molecule has 1 aromatic heterocycles. The Bertz CT molecular complexity index is 1530. The van der Waals surface area contributed by atoms with E-state index >= 15 is 0 Å². The summed E-state index contributed by atoms with van der Waals surface area (Å²) >= 11 is 0. The summed E-state index contributed by atoms with van der Waals surface area (Å²) in [5.41, 5.74) is -0.0245. The van der Waals surface area contributed by atoms with E-state index in [4.69, 9.17) is 4.74 Å². The second kappa shape index (κ2) is 12.9. The lowest BCUT2D eigenvalue weighted by molar-refractivity contribution is -0.143. The number of hydrogen-bond acceptors (Lipinski definition) is 8. The average Bonchev–Trinajstić information content (AvgIpc) is 3.47. The van der Waals surface area contributed by atoms with Crippen molar-refractivity contribution in [3.05, 3.63) is 48.3 Å². The molecule has 11 nitrogen and oxygen atoms in total. The number of nitrogens with one attached hydrogen (secondary N) is 4. The first-order valence-electron chi connectivity index (χ1n) is 14.0. The number of anilines is 3. The topological polar surface area (TPSA) is 138 Å². The number of amides is 3. The predicted octanol–water partition coefficient (Wildman–Crippen LogP) is 3.73. The lowest BCUT2D eigenvalue weighted by Gasteiger charge is -2.36. The normalized spacial score (nSPS) is 16.5. The first-order chi connectivity index (χ1) is 20.3. The van der Waals surface area contributed by atoms with Crippen LogP contribution in [0.3, 0.4) is 0 Å². The van der Waals surface area contributed by atoms with E-state index in [9.17, 15) is 23.2 Å². The first-order valence-corrected chi connectivity index (χ1v) is 14.0. The van der Waals surface area contributed by atoms with Gasteiger partial charge in [-0.15, -0.1) is 0 Å². The SMILES string of the molecule is CNC(C)C(=O)NC(C(=O)N1CCCC1C(=O)Nc1cc2c(Nc3cccc(F)c3F)ncnc2cc1OC)C(C)(C)C. The van der Waals surface area contributed by atoms with Crippen molar-refractivity contribution in [3.8, 4) is 5.75 Å². The van der Waals surface area contributed by atoms with Gasteiger partial charge in [0, 0.05) is 18.0 Å². The van der Waals surface area contributed by atoms with Crippen LogP contribution in [0.5, 0.6) is 5.75 Å². The highest BCUT2D eigenvalue weighted by Crippen LogP contribution is 2.34. The molecule has 43 heavy (non-hydrogen) atoms. The van der Waals surface area contributed by atoms with Gasteiger partial charge < -0.3 is 30.9 Å². The number of fused-ring (bicyclic) bond motifs is 1. The minimum atomic E-state index is -1.06. The fourth-order valence-electron chi connectivity index (χ4n) is 4.91. The number of hydrogen-bond donors (Lipinski definition) is 4. The number of ether oxygens (including phenoxy) is 1.